The number of hydrogen-bond acceptors (Lipinski definition) is 4. The number of aliphatic hydroxyl groups is 1. The van der Waals surface area contributed by atoms with Crippen LogP contribution in [0.4, 0.5) is 5.69 Å². The fourth-order valence-corrected chi connectivity index (χ4v) is 3.12. The van der Waals surface area contributed by atoms with Crippen LogP contribution in [0.2, 0.25) is 0 Å². The highest BCUT2D eigenvalue weighted by atomic mass is 79.9. The van der Waals surface area contributed by atoms with E-state index in [9.17, 15) is 9.90 Å². The molecule has 1 amide bonds. The Morgan fingerprint density at radius 3 is 2.73 bits per heavy atom. The molecule has 0 aromatic heterocycles. The van der Waals surface area contributed by atoms with Gasteiger partial charge in [0.25, 0.3) is 0 Å². The molecule has 1 atom stereocenters. The number of aliphatic imine (C=N–C) groups is 1. The first-order valence-corrected chi connectivity index (χ1v) is 9.55. The van der Waals surface area contributed by atoms with Crippen molar-refractivity contribution in [3.63, 3.8) is 0 Å². The third-order valence-corrected chi connectivity index (χ3v) is 4.98. The molecule has 1 aliphatic heterocycles. The zero-order valence-corrected chi connectivity index (χ0v) is 16.6. The minimum Gasteiger partial charge on any atom is -0.396 e. The predicted octanol–water partition coefficient (Wildman–Crippen LogP) is 1.73. The van der Waals surface area contributed by atoms with Crippen molar-refractivity contribution < 1.29 is 14.6 Å². The van der Waals surface area contributed by atoms with Crippen LogP contribution in [0.25, 0.3) is 0 Å². The standard InChI is InChI=1S/C18H27BrN4O3/c1-20-17(22-12-18(7-10-24)8-11-26-13-18)21-9-6-16(25)23-15-4-2-14(19)3-5-15/h2-5,24H,6-13H2,1H3,(H,23,25)(H2,20,21,22). The maximum absolute atomic E-state index is 12.0. The number of hydrogen-bond donors (Lipinski definition) is 4. The van der Waals surface area contributed by atoms with Crippen LogP contribution in [0.5, 0.6) is 0 Å². The summed E-state index contributed by atoms with van der Waals surface area (Å²) in [6, 6.07) is 7.46. The molecule has 2 rings (SSSR count). The number of anilines is 1. The fraction of sp³-hybridized carbons (Fsp3) is 0.556. The van der Waals surface area contributed by atoms with Crippen molar-refractivity contribution in [2.75, 3.05) is 45.3 Å². The number of nitrogens with zero attached hydrogens (tertiary/aromatic N) is 1. The molecule has 0 radical (unpaired) electrons. The van der Waals surface area contributed by atoms with E-state index in [4.69, 9.17) is 4.74 Å². The number of nitrogens with one attached hydrogen (secondary N) is 3. The van der Waals surface area contributed by atoms with Crippen molar-refractivity contribution in [2.24, 2.45) is 10.4 Å². The lowest BCUT2D eigenvalue weighted by Gasteiger charge is -2.27. The Morgan fingerprint density at radius 1 is 1.35 bits per heavy atom. The summed E-state index contributed by atoms with van der Waals surface area (Å²) in [6.07, 6.45) is 1.96. The summed E-state index contributed by atoms with van der Waals surface area (Å²) in [5.41, 5.74) is 0.721. The van der Waals surface area contributed by atoms with Crippen LogP contribution in [-0.2, 0) is 9.53 Å². The molecule has 1 saturated heterocycles. The molecule has 1 fully saturated rings. The van der Waals surface area contributed by atoms with Crippen molar-refractivity contribution in [1.82, 2.24) is 10.6 Å². The first-order valence-electron chi connectivity index (χ1n) is 8.75. The first kappa shape index (κ1) is 20.7. The van der Waals surface area contributed by atoms with Crippen molar-refractivity contribution in [3.05, 3.63) is 28.7 Å². The number of ether oxygens (including phenoxy) is 1. The second-order valence-electron chi connectivity index (χ2n) is 6.43. The average Bonchev–Trinajstić information content (AvgIpc) is 3.09. The van der Waals surface area contributed by atoms with Gasteiger partial charge in [-0.15, -0.1) is 0 Å². The van der Waals surface area contributed by atoms with E-state index in [-0.39, 0.29) is 17.9 Å². The number of halogens is 1. The van der Waals surface area contributed by atoms with Gasteiger partial charge in [-0.1, -0.05) is 15.9 Å². The van der Waals surface area contributed by atoms with Gasteiger partial charge in [0.15, 0.2) is 5.96 Å². The van der Waals surface area contributed by atoms with Gasteiger partial charge in [-0.25, -0.2) is 0 Å². The summed E-state index contributed by atoms with van der Waals surface area (Å²) in [7, 11) is 1.70. The van der Waals surface area contributed by atoms with E-state index < -0.39 is 0 Å². The lowest BCUT2D eigenvalue weighted by molar-refractivity contribution is -0.116. The molecule has 7 nitrogen and oxygen atoms in total. The van der Waals surface area contributed by atoms with E-state index in [0.29, 0.717) is 38.5 Å². The van der Waals surface area contributed by atoms with E-state index in [1.807, 2.05) is 24.3 Å². The molecule has 0 spiro atoms. The topological polar surface area (TPSA) is 95.0 Å². The van der Waals surface area contributed by atoms with Gasteiger partial charge in [0.2, 0.25) is 5.91 Å². The second kappa shape index (κ2) is 10.5. The Hall–Kier alpha value is -1.64. The van der Waals surface area contributed by atoms with Gasteiger partial charge in [-0.3, -0.25) is 9.79 Å². The van der Waals surface area contributed by atoms with Gasteiger partial charge in [0.1, 0.15) is 0 Å². The summed E-state index contributed by atoms with van der Waals surface area (Å²) in [4.78, 5) is 16.2. The third kappa shape index (κ3) is 6.59. The van der Waals surface area contributed by atoms with Crippen LogP contribution in [0.1, 0.15) is 19.3 Å². The Bertz CT molecular complexity index is 601. The fourth-order valence-electron chi connectivity index (χ4n) is 2.85. The number of aliphatic hydroxyl groups excluding tert-OH is 1. The molecule has 1 heterocycles. The van der Waals surface area contributed by atoms with E-state index in [2.05, 4.69) is 36.9 Å². The predicted molar refractivity (Wildman–Crippen MR) is 106 cm³/mol. The van der Waals surface area contributed by atoms with E-state index in [0.717, 1.165) is 23.2 Å². The molecule has 0 saturated carbocycles. The molecular formula is C18H27BrN4O3. The molecule has 0 aliphatic carbocycles. The van der Waals surface area contributed by atoms with Gasteiger partial charge < -0.3 is 25.8 Å². The van der Waals surface area contributed by atoms with E-state index in [1.54, 1.807) is 7.05 Å². The highest BCUT2D eigenvalue weighted by molar-refractivity contribution is 9.10. The van der Waals surface area contributed by atoms with E-state index >= 15 is 0 Å². The average molecular weight is 427 g/mol. The quantitative estimate of drug-likeness (QED) is 0.375. The SMILES string of the molecule is CN=C(NCCC(=O)Nc1ccc(Br)cc1)NCC1(CCO)CCOC1. The van der Waals surface area contributed by atoms with Crippen LogP contribution in [0.15, 0.2) is 33.7 Å². The van der Waals surface area contributed by atoms with Crippen LogP contribution >= 0.6 is 15.9 Å². The molecule has 4 N–H and O–H groups in total. The molecule has 1 aromatic carbocycles. The minimum absolute atomic E-state index is 0.0503. The number of guanidine groups is 1. The van der Waals surface area contributed by atoms with E-state index in [1.165, 1.54) is 0 Å². The molecule has 26 heavy (non-hydrogen) atoms. The van der Waals surface area contributed by atoms with Crippen molar-refractivity contribution >= 4 is 33.5 Å². The third-order valence-electron chi connectivity index (χ3n) is 4.45. The summed E-state index contributed by atoms with van der Waals surface area (Å²) >= 11 is 3.37. The van der Waals surface area contributed by atoms with Gasteiger partial charge in [-0.05, 0) is 37.1 Å². The zero-order valence-electron chi connectivity index (χ0n) is 15.1. The van der Waals surface area contributed by atoms with Crippen molar-refractivity contribution in [1.29, 1.82) is 0 Å². The molecule has 1 unspecified atom stereocenters. The van der Waals surface area contributed by atoms with Crippen molar-refractivity contribution in [2.45, 2.75) is 19.3 Å². The Balaban J connectivity index is 1.71. The summed E-state index contributed by atoms with van der Waals surface area (Å²) in [6.45, 7) is 2.67. The van der Waals surface area contributed by atoms with Gasteiger partial charge >= 0.3 is 0 Å². The lowest BCUT2D eigenvalue weighted by Crippen LogP contribution is -2.45. The molecule has 144 valence electrons. The van der Waals surface area contributed by atoms with Gasteiger partial charge in [0, 0.05) is 55.3 Å². The Morgan fingerprint density at radius 2 is 2.12 bits per heavy atom. The zero-order chi connectivity index (χ0) is 18.8. The number of rotatable bonds is 8. The number of benzene rings is 1. The van der Waals surface area contributed by atoms with Gasteiger partial charge in [-0.2, -0.15) is 0 Å². The van der Waals surface area contributed by atoms with Crippen LogP contribution in [0.3, 0.4) is 0 Å². The van der Waals surface area contributed by atoms with Crippen molar-refractivity contribution in [3.8, 4) is 0 Å². The van der Waals surface area contributed by atoms with Crippen LogP contribution < -0.4 is 16.0 Å². The maximum Gasteiger partial charge on any atom is 0.226 e. The summed E-state index contributed by atoms with van der Waals surface area (Å²) in [5.74, 6) is 0.585. The number of carbonyl (C=O) groups excluding carboxylic acids is 1. The Labute approximate surface area is 162 Å². The van der Waals surface area contributed by atoms with Crippen LogP contribution in [0, 0.1) is 5.41 Å². The maximum atomic E-state index is 12.0. The molecular weight excluding hydrogens is 400 g/mol. The monoisotopic (exact) mass is 426 g/mol. The largest absolute Gasteiger partial charge is 0.396 e. The lowest BCUT2D eigenvalue weighted by atomic mass is 9.84. The normalized spacial score (nSPS) is 20.0. The highest BCUT2D eigenvalue weighted by Gasteiger charge is 2.34. The molecule has 1 aromatic rings. The van der Waals surface area contributed by atoms with Crippen LogP contribution in [-0.4, -0.2) is 56.9 Å². The second-order valence-corrected chi connectivity index (χ2v) is 7.35. The molecule has 8 heteroatoms. The number of carbonyl (C=O) groups is 1. The number of amides is 1. The molecule has 0 bridgehead atoms. The molecule has 1 aliphatic rings. The first-order chi connectivity index (χ1) is 12.6. The summed E-state index contributed by atoms with van der Waals surface area (Å²) < 4.78 is 6.46. The van der Waals surface area contributed by atoms with Gasteiger partial charge in [0.05, 0.1) is 6.61 Å². The Kier molecular flexibility index (Phi) is 8.34. The highest BCUT2D eigenvalue weighted by Crippen LogP contribution is 2.31. The minimum atomic E-state index is -0.0591. The summed E-state index contributed by atoms with van der Waals surface area (Å²) in [5, 5.41) is 18.6. The smallest absolute Gasteiger partial charge is 0.226 e.